The third-order valence-corrected chi connectivity index (χ3v) is 4.14. The number of rotatable bonds is 3. The summed E-state index contributed by atoms with van der Waals surface area (Å²) in [4.78, 5) is 19.2. The van der Waals surface area contributed by atoms with Gasteiger partial charge in [0.2, 0.25) is 0 Å². The molecule has 0 amide bonds. The lowest BCUT2D eigenvalue weighted by Crippen LogP contribution is -2.26. The van der Waals surface area contributed by atoms with E-state index in [2.05, 4.69) is 29.8 Å². The SMILES string of the molecule is CCN(CC)c1c2c(nc3ccccc13)C(=O)CCC2. The molecule has 20 heavy (non-hydrogen) atoms. The molecule has 0 aliphatic heterocycles. The Kier molecular flexibility index (Phi) is 3.43. The molecule has 104 valence electrons. The molecule has 0 fully saturated rings. The minimum absolute atomic E-state index is 0.199. The summed E-state index contributed by atoms with van der Waals surface area (Å²) in [6, 6.07) is 8.16. The van der Waals surface area contributed by atoms with Gasteiger partial charge in [-0.05, 0) is 32.8 Å². The number of pyridine rings is 1. The van der Waals surface area contributed by atoms with Gasteiger partial charge in [-0.1, -0.05) is 18.2 Å². The highest BCUT2D eigenvalue weighted by Crippen LogP contribution is 2.35. The number of benzene rings is 1. The number of carbonyl (C=O) groups is 1. The van der Waals surface area contributed by atoms with Gasteiger partial charge in [0, 0.05) is 30.5 Å². The molecule has 1 aromatic heterocycles. The smallest absolute Gasteiger partial charge is 0.181 e. The van der Waals surface area contributed by atoms with E-state index in [0.717, 1.165) is 37.0 Å². The lowest BCUT2D eigenvalue weighted by molar-refractivity contribution is 0.0967. The topological polar surface area (TPSA) is 33.2 Å². The van der Waals surface area contributed by atoms with Crippen LogP contribution in [0.1, 0.15) is 42.7 Å². The maximum absolute atomic E-state index is 12.2. The van der Waals surface area contributed by atoms with Gasteiger partial charge in [0.05, 0.1) is 11.2 Å². The minimum atomic E-state index is 0.199. The van der Waals surface area contributed by atoms with Gasteiger partial charge in [-0.3, -0.25) is 4.79 Å². The molecule has 1 heterocycles. The fourth-order valence-electron chi connectivity index (χ4n) is 3.15. The van der Waals surface area contributed by atoms with E-state index in [1.807, 2.05) is 18.2 Å². The average Bonchev–Trinajstić information content (AvgIpc) is 2.48. The Hall–Kier alpha value is -1.90. The Morgan fingerprint density at radius 1 is 1.15 bits per heavy atom. The lowest BCUT2D eigenvalue weighted by atomic mass is 9.91. The predicted molar refractivity (Wildman–Crippen MR) is 82.6 cm³/mol. The van der Waals surface area contributed by atoms with E-state index in [9.17, 15) is 4.79 Å². The first-order valence-electron chi connectivity index (χ1n) is 7.46. The van der Waals surface area contributed by atoms with Gasteiger partial charge in [-0.25, -0.2) is 4.98 Å². The van der Waals surface area contributed by atoms with Crippen molar-refractivity contribution in [3.05, 3.63) is 35.5 Å². The van der Waals surface area contributed by atoms with Crippen LogP contribution in [0.5, 0.6) is 0 Å². The maximum atomic E-state index is 12.2. The monoisotopic (exact) mass is 268 g/mol. The molecule has 0 bridgehead atoms. The molecule has 0 saturated carbocycles. The normalized spacial score (nSPS) is 14.4. The zero-order chi connectivity index (χ0) is 14.1. The van der Waals surface area contributed by atoms with Crippen molar-refractivity contribution >= 4 is 22.4 Å². The highest BCUT2D eigenvalue weighted by Gasteiger charge is 2.25. The maximum Gasteiger partial charge on any atom is 0.181 e. The van der Waals surface area contributed by atoms with Crippen molar-refractivity contribution in [1.82, 2.24) is 4.98 Å². The fraction of sp³-hybridized carbons (Fsp3) is 0.412. The average molecular weight is 268 g/mol. The molecule has 3 heteroatoms. The molecule has 1 aromatic carbocycles. The van der Waals surface area contributed by atoms with E-state index in [-0.39, 0.29) is 5.78 Å². The number of fused-ring (bicyclic) bond motifs is 2. The van der Waals surface area contributed by atoms with Gasteiger partial charge in [0.25, 0.3) is 0 Å². The largest absolute Gasteiger partial charge is 0.371 e. The van der Waals surface area contributed by atoms with Gasteiger partial charge in [0.15, 0.2) is 5.78 Å². The van der Waals surface area contributed by atoms with Gasteiger partial charge in [-0.15, -0.1) is 0 Å². The summed E-state index contributed by atoms with van der Waals surface area (Å²) in [6.07, 6.45) is 2.54. The van der Waals surface area contributed by atoms with Crippen molar-refractivity contribution < 1.29 is 4.79 Å². The van der Waals surface area contributed by atoms with Crippen LogP contribution in [-0.2, 0) is 6.42 Å². The number of aromatic nitrogens is 1. The molecule has 0 saturated heterocycles. The third kappa shape index (κ3) is 1.98. The Bertz CT molecular complexity index is 659. The fourth-order valence-corrected chi connectivity index (χ4v) is 3.15. The summed E-state index contributed by atoms with van der Waals surface area (Å²) in [5.74, 6) is 0.199. The number of para-hydroxylation sites is 1. The molecular weight excluding hydrogens is 248 g/mol. The molecule has 1 aliphatic rings. The minimum Gasteiger partial charge on any atom is -0.371 e. The number of ketones is 1. The second-order valence-corrected chi connectivity index (χ2v) is 5.25. The van der Waals surface area contributed by atoms with Crippen molar-refractivity contribution in [2.75, 3.05) is 18.0 Å². The second-order valence-electron chi connectivity index (χ2n) is 5.25. The van der Waals surface area contributed by atoms with Crippen LogP contribution in [0.25, 0.3) is 10.9 Å². The van der Waals surface area contributed by atoms with Crippen LogP contribution in [0.4, 0.5) is 5.69 Å². The Morgan fingerprint density at radius 3 is 2.65 bits per heavy atom. The molecule has 0 N–H and O–H groups in total. The molecule has 0 unspecified atom stereocenters. The van der Waals surface area contributed by atoms with Crippen molar-refractivity contribution in [3.63, 3.8) is 0 Å². The standard InChI is InChI=1S/C17H20N2O/c1-3-19(4-2)17-12-8-5-6-10-14(12)18-16-13(17)9-7-11-15(16)20/h5-6,8,10H,3-4,7,9,11H2,1-2H3. The summed E-state index contributed by atoms with van der Waals surface area (Å²) in [7, 11) is 0. The van der Waals surface area contributed by atoms with Crippen LogP contribution >= 0.6 is 0 Å². The molecule has 0 radical (unpaired) electrons. The van der Waals surface area contributed by atoms with Crippen molar-refractivity contribution in [3.8, 4) is 0 Å². The summed E-state index contributed by atoms with van der Waals surface area (Å²) in [6.45, 7) is 6.22. The van der Waals surface area contributed by atoms with E-state index in [1.165, 1.54) is 11.1 Å². The lowest BCUT2D eigenvalue weighted by Gasteiger charge is -2.28. The first-order valence-corrected chi connectivity index (χ1v) is 7.46. The molecule has 3 nitrogen and oxygen atoms in total. The number of anilines is 1. The Morgan fingerprint density at radius 2 is 1.90 bits per heavy atom. The number of nitrogens with zero attached hydrogens (tertiary/aromatic N) is 2. The van der Waals surface area contributed by atoms with E-state index in [0.29, 0.717) is 12.1 Å². The highest BCUT2D eigenvalue weighted by molar-refractivity contribution is 6.04. The Labute approximate surface area is 119 Å². The number of carbonyl (C=O) groups excluding carboxylic acids is 1. The first kappa shape index (κ1) is 13.1. The predicted octanol–water partition coefficient (Wildman–Crippen LogP) is 3.60. The van der Waals surface area contributed by atoms with Crippen molar-refractivity contribution in [2.45, 2.75) is 33.1 Å². The van der Waals surface area contributed by atoms with Gasteiger partial charge in [0.1, 0.15) is 5.69 Å². The van der Waals surface area contributed by atoms with Crippen molar-refractivity contribution in [1.29, 1.82) is 0 Å². The highest BCUT2D eigenvalue weighted by atomic mass is 16.1. The first-order chi connectivity index (χ1) is 9.76. The summed E-state index contributed by atoms with van der Waals surface area (Å²) in [5, 5.41) is 1.17. The zero-order valence-electron chi connectivity index (χ0n) is 12.1. The summed E-state index contributed by atoms with van der Waals surface area (Å²) >= 11 is 0. The van der Waals surface area contributed by atoms with Crippen LogP contribution < -0.4 is 4.90 Å². The quantitative estimate of drug-likeness (QED) is 0.852. The van der Waals surface area contributed by atoms with Crippen molar-refractivity contribution in [2.24, 2.45) is 0 Å². The van der Waals surface area contributed by atoms with Crippen LogP contribution in [0, 0.1) is 0 Å². The molecule has 0 atom stereocenters. The number of hydrogen-bond acceptors (Lipinski definition) is 3. The van der Waals surface area contributed by atoms with Gasteiger partial charge >= 0.3 is 0 Å². The van der Waals surface area contributed by atoms with Gasteiger partial charge in [-0.2, -0.15) is 0 Å². The van der Waals surface area contributed by atoms with Crippen LogP contribution in [0.3, 0.4) is 0 Å². The molecule has 3 rings (SSSR count). The Balaban J connectivity index is 2.35. The summed E-state index contributed by atoms with van der Waals surface area (Å²) in [5.41, 5.74) is 4.02. The van der Waals surface area contributed by atoms with Gasteiger partial charge < -0.3 is 4.90 Å². The molecule has 2 aromatic rings. The number of Topliss-reactive ketones (excluding diaryl/α,β-unsaturated/α-hetero) is 1. The number of hydrogen-bond donors (Lipinski definition) is 0. The van der Waals surface area contributed by atoms with Crippen LogP contribution in [0.2, 0.25) is 0 Å². The van der Waals surface area contributed by atoms with E-state index < -0.39 is 0 Å². The zero-order valence-corrected chi connectivity index (χ0v) is 12.1. The van der Waals surface area contributed by atoms with E-state index >= 15 is 0 Å². The second kappa shape index (κ2) is 5.23. The summed E-state index contributed by atoms with van der Waals surface area (Å²) < 4.78 is 0. The van der Waals surface area contributed by atoms with Crippen LogP contribution in [0.15, 0.2) is 24.3 Å². The molecule has 0 spiro atoms. The van der Waals surface area contributed by atoms with Crippen LogP contribution in [-0.4, -0.2) is 23.9 Å². The van der Waals surface area contributed by atoms with E-state index in [1.54, 1.807) is 0 Å². The molecule has 1 aliphatic carbocycles. The molecular formula is C17H20N2O. The third-order valence-electron chi connectivity index (χ3n) is 4.14. The van der Waals surface area contributed by atoms with E-state index in [4.69, 9.17) is 0 Å².